The van der Waals surface area contributed by atoms with Crippen LogP contribution in [0.4, 0.5) is 0 Å². The van der Waals surface area contributed by atoms with Gasteiger partial charge in [0.05, 0.1) is 0 Å². The molecule has 0 saturated carbocycles. The number of hydrogen-bond acceptors (Lipinski definition) is 1. The monoisotopic (exact) mass is 428 g/mol. The van der Waals surface area contributed by atoms with Crippen molar-refractivity contribution in [1.29, 1.82) is 0 Å². The second-order valence-electron chi connectivity index (χ2n) is 6.12. The summed E-state index contributed by atoms with van der Waals surface area (Å²) in [5.74, 6) is 0. The zero-order valence-electron chi connectivity index (χ0n) is 16.9. The van der Waals surface area contributed by atoms with E-state index >= 15 is 0 Å². The maximum absolute atomic E-state index is 9.70. The Hall–Kier alpha value is 1.31. The molecule has 23 heavy (non-hydrogen) atoms. The van der Waals surface area contributed by atoms with Crippen molar-refractivity contribution >= 4 is 32.3 Å². The number of rotatable bonds is 7. The van der Waals surface area contributed by atoms with Crippen molar-refractivity contribution in [3.05, 3.63) is 0 Å². The summed E-state index contributed by atoms with van der Waals surface area (Å²) in [6.45, 7) is 19.8. The van der Waals surface area contributed by atoms with Gasteiger partial charge < -0.3 is 4.79 Å². The Labute approximate surface area is 162 Å². The molecule has 0 radical (unpaired) electrons. The summed E-state index contributed by atoms with van der Waals surface area (Å²) in [6, 6.07) is 0. The molecule has 0 aromatic rings. The van der Waals surface area contributed by atoms with Gasteiger partial charge in [0.25, 0.3) is 0 Å². The van der Waals surface area contributed by atoms with Crippen LogP contribution in [-0.4, -0.2) is 43.3 Å². The third-order valence-electron chi connectivity index (χ3n) is 3.29. The van der Waals surface area contributed by atoms with Gasteiger partial charge in [-0.05, 0) is 37.0 Å². The van der Waals surface area contributed by atoms with E-state index < -0.39 is 0 Å². The molecule has 0 rings (SSSR count). The summed E-state index contributed by atoms with van der Waals surface area (Å²) in [7, 11) is 5.16. The van der Waals surface area contributed by atoms with Gasteiger partial charge in [0.2, 0.25) is 0 Å². The van der Waals surface area contributed by atoms with E-state index in [1.54, 1.807) is 0 Å². The zero-order chi connectivity index (χ0) is 19.3. The summed E-state index contributed by atoms with van der Waals surface area (Å²) >= 11 is 3.35. The molecular formula is C18H41ClNiOP2-. The van der Waals surface area contributed by atoms with Crippen LogP contribution in [0.1, 0.15) is 68.7 Å². The molecule has 0 spiro atoms. The maximum atomic E-state index is 9.70. The van der Waals surface area contributed by atoms with E-state index in [4.69, 9.17) is 0 Å². The van der Waals surface area contributed by atoms with E-state index in [0.717, 1.165) is 0 Å². The van der Waals surface area contributed by atoms with Crippen molar-refractivity contribution in [2.45, 2.75) is 68.7 Å². The molecule has 0 heterocycles. The molecule has 1 nitrogen and oxygen atoms in total. The van der Waals surface area contributed by atoms with E-state index in [1.807, 2.05) is 27.1 Å². The van der Waals surface area contributed by atoms with E-state index in [9.17, 15) is 4.79 Å². The SMILES string of the molecule is CC(C)(C)C[C-]=O.CCP(CC)CC.CCP(CC)CC.[Cl][Ni]. The normalized spacial score (nSPS) is 10.0. The van der Waals surface area contributed by atoms with Gasteiger partial charge >= 0.3 is 24.8 Å². The van der Waals surface area contributed by atoms with Gasteiger partial charge in [0, 0.05) is 0 Å². The fourth-order valence-electron chi connectivity index (χ4n) is 1.56. The summed E-state index contributed by atoms with van der Waals surface area (Å²) in [4.78, 5) is 9.70. The second-order valence-corrected chi connectivity index (χ2v) is 12.6. The van der Waals surface area contributed by atoms with Gasteiger partial charge in [-0.25, -0.2) is 0 Å². The Kier molecular flexibility index (Phi) is 35.6. The van der Waals surface area contributed by atoms with Crippen molar-refractivity contribution in [1.82, 2.24) is 0 Å². The molecule has 0 amide bonds. The topological polar surface area (TPSA) is 17.1 Å². The first-order valence-corrected chi connectivity index (χ1v) is 13.8. The summed E-state index contributed by atoms with van der Waals surface area (Å²) in [5.41, 5.74) is 0.127. The Morgan fingerprint density at radius 3 is 0.957 bits per heavy atom. The van der Waals surface area contributed by atoms with Gasteiger partial charge in [0.1, 0.15) is 0 Å². The van der Waals surface area contributed by atoms with E-state index in [0.29, 0.717) is 22.3 Å². The fourth-order valence-corrected chi connectivity index (χ4v) is 4.24. The molecular weight excluding hydrogens is 388 g/mol. The number of hydrogen-bond donors (Lipinski definition) is 0. The molecule has 147 valence electrons. The van der Waals surface area contributed by atoms with Gasteiger partial charge in [0.15, 0.2) is 0 Å². The molecule has 0 aliphatic rings. The van der Waals surface area contributed by atoms with Crippen LogP contribution in [0.15, 0.2) is 0 Å². The van der Waals surface area contributed by atoms with Crippen molar-refractivity contribution in [3.63, 3.8) is 0 Å². The minimum absolute atomic E-state index is 0.127. The van der Waals surface area contributed by atoms with Crippen LogP contribution in [0.5, 0.6) is 0 Å². The summed E-state index contributed by atoms with van der Waals surface area (Å²) < 4.78 is 0. The van der Waals surface area contributed by atoms with Crippen LogP contribution in [-0.2, 0) is 19.4 Å². The Balaban J connectivity index is -0.000000111. The van der Waals surface area contributed by atoms with Gasteiger partial charge in [-0.1, -0.05) is 67.7 Å². The summed E-state index contributed by atoms with van der Waals surface area (Å²) in [6.07, 6.45) is 10.9. The first-order chi connectivity index (χ1) is 10.8. The van der Waals surface area contributed by atoms with Gasteiger partial charge in [-0.2, -0.15) is 0 Å². The molecule has 0 aliphatic carbocycles. The average Bonchev–Trinajstić information content (AvgIpc) is 2.53. The first-order valence-electron chi connectivity index (χ1n) is 8.67. The molecule has 0 atom stereocenters. The Bertz CT molecular complexity index is 181. The first kappa shape index (κ1) is 32.0. The molecule has 5 heteroatoms. The molecule has 0 aliphatic heterocycles. The van der Waals surface area contributed by atoms with Crippen molar-refractivity contribution in [3.8, 4) is 0 Å². The van der Waals surface area contributed by atoms with E-state index in [-0.39, 0.29) is 5.41 Å². The van der Waals surface area contributed by atoms with Crippen LogP contribution < -0.4 is 0 Å². The van der Waals surface area contributed by atoms with Crippen molar-refractivity contribution in [2.24, 2.45) is 5.41 Å². The van der Waals surface area contributed by atoms with Crippen LogP contribution in [0.25, 0.3) is 0 Å². The molecule has 0 aromatic carbocycles. The minimum atomic E-state index is 0.127. The quantitative estimate of drug-likeness (QED) is 0.236. The summed E-state index contributed by atoms with van der Waals surface area (Å²) in [5, 5.41) is 0. The number of carbonyl (C=O) groups excluding carboxylic acids is 1. The molecule has 0 saturated heterocycles. The van der Waals surface area contributed by atoms with Crippen LogP contribution in [0.2, 0.25) is 0 Å². The van der Waals surface area contributed by atoms with Crippen LogP contribution in [0.3, 0.4) is 0 Å². The predicted molar refractivity (Wildman–Crippen MR) is 113 cm³/mol. The van der Waals surface area contributed by atoms with E-state index in [1.165, 1.54) is 37.0 Å². The standard InChI is InChI=1S/C6H11O.2C6H15P.ClH.Ni/c1-6(2,3)4-5-7;2*1-4-7(5-2)6-3;;/h4H2,1-3H3;2*4-6H2,1-3H3;1H;/q-1;;;;+1/p-1. The predicted octanol–water partition coefficient (Wildman–Crippen LogP) is 7.28. The van der Waals surface area contributed by atoms with E-state index in [2.05, 4.69) is 66.3 Å². The zero-order valence-corrected chi connectivity index (χ0v) is 20.5. The Morgan fingerprint density at radius 2 is 0.957 bits per heavy atom. The number of halogens is 1. The third-order valence-corrected chi connectivity index (χ3v) is 8.65. The molecule has 0 fully saturated rings. The second kappa shape index (κ2) is 25.6. The van der Waals surface area contributed by atoms with Gasteiger partial charge in [-0.15, -0.1) is 22.3 Å². The molecule has 0 unspecified atom stereocenters. The van der Waals surface area contributed by atoms with Gasteiger partial charge in [-0.3, -0.25) is 6.29 Å². The fraction of sp³-hybridized carbons (Fsp3) is 0.944. The Morgan fingerprint density at radius 1 is 0.739 bits per heavy atom. The molecule has 0 aromatic heterocycles. The van der Waals surface area contributed by atoms with Crippen LogP contribution >= 0.6 is 26.0 Å². The molecule has 0 N–H and O–H groups in total. The van der Waals surface area contributed by atoms with Crippen molar-refractivity contribution < 1.29 is 19.4 Å². The van der Waals surface area contributed by atoms with Crippen molar-refractivity contribution in [2.75, 3.05) is 37.0 Å². The third kappa shape index (κ3) is 35.3. The van der Waals surface area contributed by atoms with Crippen LogP contribution in [0, 0.1) is 5.41 Å². The average molecular weight is 430 g/mol. The molecule has 0 bridgehead atoms.